The van der Waals surface area contributed by atoms with E-state index in [1.165, 1.54) is 12.1 Å². The molecule has 1 aromatic rings. The summed E-state index contributed by atoms with van der Waals surface area (Å²) in [5, 5.41) is 11.8. The molecule has 132 valence electrons. The number of carbonyl (C=O) groups is 2. The fourth-order valence-electron chi connectivity index (χ4n) is 2.86. The number of benzene rings is 1. The minimum atomic E-state index is -3.49. The van der Waals surface area contributed by atoms with E-state index in [0.717, 1.165) is 0 Å². The van der Waals surface area contributed by atoms with Crippen molar-refractivity contribution in [2.75, 3.05) is 6.54 Å². The fraction of sp³-hybridized carbons (Fsp3) is 0.500. The summed E-state index contributed by atoms with van der Waals surface area (Å²) in [5.74, 6) is -1.39. The van der Waals surface area contributed by atoms with Crippen LogP contribution in [0.5, 0.6) is 0 Å². The van der Waals surface area contributed by atoms with Crippen LogP contribution in [0.3, 0.4) is 0 Å². The van der Waals surface area contributed by atoms with E-state index < -0.39 is 16.0 Å². The van der Waals surface area contributed by atoms with Gasteiger partial charge in [0.05, 0.1) is 17.2 Å². The van der Waals surface area contributed by atoms with Crippen molar-refractivity contribution in [3.63, 3.8) is 0 Å². The molecule has 7 nitrogen and oxygen atoms in total. The van der Waals surface area contributed by atoms with Crippen LogP contribution >= 0.6 is 0 Å². The topological polar surface area (TPSA) is 113 Å². The summed E-state index contributed by atoms with van der Waals surface area (Å²) in [5.41, 5.74) is 0.704. The van der Waals surface area contributed by atoms with Crippen molar-refractivity contribution in [2.24, 2.45) is 5.92 Å². The molecule has 1 aliphatic carbocycles. The lowest BCUT2D eigenvalue weighted by molar-refractivity contribution is -0.141. The van der Waals surface area contributed by atoms with Gasteiger partial charge in [-0.15, -0.1) is 0 Å². The molecular formula is C16H22N2O5S. The van der Waals surface area contributed by atoms with Gasteiger partial charge in [-0.1, -0.05) is 19.1 Å². The van der Waals surface area contributed by atoms with Crippen molar-refractivity contribution < 1.29 is 23.1 Å². The number of hydrogen-bond acceptors (Lipinski definition) is 4. The Hall–Kier alpha value is -1.93. The molecule has 0 saturated heterocycles. The number of carbonyl (C=O) groups excluding carboxylic acids is 1. The number of sulfonamides is 1. The summed E-state index contributed by atoms with van der Waals surface area (Å²) in [4.78, 5) is 23.1. The third-order valence-corrected chi connectivity index (χ3v) is 5.64. The Morgan fingerprint density at radius 3 is 2.42 bits per heavy atom. The first kappa shape index (κ1) is 18.4. The number of carboxylic acids is 1. The maximum absolute atomic E-state index is 12.0. The summed E-state index contributed by atoms with van der Waals surface area (Å²) in [6, 6.07) is 6.05. The summed E-state index contributed by atoms with van der Waals surface area (Å²) in [6.07, 6.45) is 1.84. The summed E-state index contributed by atoms with van der Waals surface area (Å²) < 4.78 is 26.1. The van der Waals surface area contributed by atoms with Gasteiger partial charge in [0, 0.05) is 12.6 Å². The molecule has 0 aromatic heterocycles. The second-order valence-electron chi connectivity index (χ2n) is 5.93. The monoisotopic (exact) mass is 354 g/mol. The number of nitrogens with one attached hydrogen (secondary N) is 2. The van der Waals surface area contributed by atoms with Gasteiger partial charge in [-0.25, -0.2) is 13.1 Å². The highest BCUT2D eigenvalue weighted by atomic mass is 32.2. The first-order chi connectivity index (χ1) is 11.3. The van der Waals surface area contributed by atoms with Crippen LogP contribution in [0.4, 0.5) is 0 Å². The molecule has 3 N–H and O–H groups in total. The average Bonchev–Trinajstić information content (AvgIpc) is 2.96. The molecule has 1 aliphatic rings. The Morgan fingerprint density at radius 1 is 1.21 bits per heavy atom. The van der Waals surface area contributed by atoms with Gasteiger partial charge in [0.1, 0.15) is 0 Å². The smallest absolute Gasteiger partial charge is 0.306 e. The summed E-state index contributed by atoms with van der Waals surface area (Å²) in [7, 11) is -3.49. The number of hydrogen-bond donors (Lipinski definition) is 3. The maximum atomic E-state index is 12.0. The van der Waals surface area contributed by atoms with Gasteiger partial charge in [0.25, 0.3) is 0 Å². The summed E-state index contributed by atoms with van der Waals surface area (Å²) >= 11 is 0. The molecule has 1 aromatic carbocycles. The predicted octanol–water partition coefficient (Wildman–Crippen LogP) is 0.897. The van der Waals surface area contributed by atoms with E-state index in [2.05, 4.69) is 10.0 Å². The molecule has 0 spiro atoms. The van der Waals surface area contributed by atoms with Gasteiger partial charge >= 0.3 is 5.97 Å². The first-order valence-electron chi connectivity index (χ1n) is 7.92. The van der Waals surface area contributed by atoms with E-state index in [1.54, 1.807) is 19.1 Å². The van der Waals surface area contributed by atoms with E-state index in [0.29, 0.717) is 31.4 Å². The second-order valence-corrected chi connectivity index (χ2v) is 7.70. The molecule has 0 bridgehead atoms. The zero-order valence-electron chi connectivity index (χ0n) is 13.5. The van der Waals surface area contributed by atoms with Crippen molar-refractivity contribution in [1.82, 2.24) is 10.0 Å². The standard InChI is InChI=1S/C16H22N2O5S/c1-2-17-24(22,23)14-7-3-11(4-8-14)9-15(19)18-13-6-5-12(10-13)16(20)21/h3-4,7-8,12-13,17H,2,5-6,9-10H2,1H3,(H,18,19)(H,20,21)/t12-,13+/m1/s1. The van der Waals surface area contributed by atoms with Gasteiger partial charge in [0.2, 0.25) is 15.9 Å². The van der Waals surface area contributed by atoms with Crippen LogP contribution in [0.15, 0.2) is 29.2 Å². The van der Waals surface area contributed by atoms with Crippen LogP contribution in [0.25, 0.3) is 0 Å². The molecule has 0 aliphatic heterocycles. The highest BCUT2D eigenvalue weighted by molar-refractivity contribution is 7.89. The van der Waals surface area contributed by atoms with Crippen LogP contribution in [-0.2, 0) is 26.0 Å². The van der Waals surface area contributed by atoms with Crippen molar-refractivity contribution in [3.8, 4) is 0 Å². The van der Waals surface area contributed by atoms with E-state index >= 15 is 0 Å². The molecule has 2 rings (SSSR count). The Kier molecular flexibility index (Phi) is 5.95. The van der Waals surface area contributed by atoms with Crippen LogP contribution < -0.4 is 10.0 Å². The Balaban J connectivity index is 1.90. The summed E-state index contributed by atoms with van der Waals surface area (Å²) in [6.45, 7) is 2.01. The van der Waals surface area contributed by atoms with Crippen LogP contribution in [0.2, 0.25) is 0 Å². The number of aliphatic carboxylic acids is 1. The van der Waals surface area contributed by atoms with E-state index in [1.807, 2.05) is 0 Å². The Labute approximate surface area is 141 Å². The molecule has 1 amide bonds. The lowest BCUT2D eigenvalue weighted by Gasteiger charge is -2.12. The molecule has 8 heteroatoms. The molecule has 1 saturated carbocycles. The van der Waals surface area contributed by atoms with E-state index in [-0.39, 0.29) is 29.2 Å². The van der Waals surface area contributed by atoms with Crippen LogP contribution in [0, 0.1) is 5.92 Å². The second kappa shape index (κ2) is 7.76. The fourth-order valence-corrected chi connectivity index (χ4v) is 3.90. The third kappa shape index (κ3) is 4.78. The highest BCUT2D eigenvalue weighted by Crippen LogP contribution is 2.25. The number of rotatable bonds is 7. The van der Waals surface area contributed by atoms with Gasteiger partial charge in [-0.3, -0.25) is 9.59 Å². The lowest BCUT2D eigenvalue weighted by Crippen LogP contribution is -2.34. The van der Waals surface area contributed by atoms with Crippen molar-refractivity contribution in [2.45, 2.75) is 43.5 Å². The largest absolute Gasteiger partial charge is 0.481 e. The average molecular weight is 354 g/mol. The molecule has 0 heterocycles. The number of carboxylic acid groups (broad SMARTS) is 1. The van der Waals surface area contributed by atoms with Crippen molar-refractivity contribution in [3.05, 3.63) is 29.8 Å². The van der Waals surface area contributed by atoms with Crippen molar-refractivity contribution >= 4 is 21.9 Å². The van der Waals surface area contributed by atoms with Crippen LogP contribution in [-0.4, -0.2) is 38.0 Å². The van der Waals surface area contributed by atoms with Gasteiger partial charge in [-0.2, -0.15) is 0 Å². The predicted molar refractivity (Wildman–Crippen MR) is 87.9 cm³/mol. The lowest BCUT2D eigenvalue weighted by atomic mass is 10.1. The molecule has 0 radical (unpaired) electrons. The SMILES string of the molecule is CCNS(=O)(=O)c1ccc(CC(=O)N[C@H]2CC[C@@H](C(=O)O)C2)cc1. The van der Waals surface area contributed by atoms with Crippen molar-refractivity contribution in [1.29, 1.82) is 0 Å². The van der Waals surface area contributed by atoms with Gasteiger partial charge in [0.15, 0.2) is 0 Å². The third-order valence-electron chi connectivity index (χ3n) is 4.08. The Morgan fingerprint density at radius 2 is 1.88 bits per heavy atom. The minimum absolute atomic E-state index is 0.105. The van der Waals surface area contributed by atoms with Gasteiger partial charge in [-0.05, 0) is 37.0 Å². The zero-order valence-corrected chi connectivity index (χ0v) is 14.3. The van der Waals surface area contributed by atoms with Gasteiger partial charge < -0.3 is 10.4 Å². The molecular weight excluding hydrogens is 332 g/mol. The minimum Gasteiger partial charge on any atom is -0.481 e. The molecule has 1 fully saturated rings. The maximum Gasteiger partial charge on any atom is 0.306 e. The zero-order chi connectivity index (χ0) is 17.7. The first-order valence-corrected chi connectivity index (χ1v) is 9.41. The molecule has 24 heavy (non-hydrogen) atoms. The number of amides is 1. The Bertz CT molecular complexity index is 700. The van der Waals surface area contributed by atoms with E-state index in [4.69, 9.17) is 5.11 Å². The quantitative estimate of drug-likeness (QED) is 0.673. The highest BCUT2D eigenvalue weighted by Gasteiger charge is 2.30. The normalized spacial score (nSPS) is 20.7. The van der Waals surface area contributed by atoms with Crippen LogP contribution in [0.1, 0.15) is 31.7 Å². The van der Waals surface area contributed by atoms with E-state index in [9.17, 15) is 18.0 Å². The molecule has 0 unspecified atom stereocenters. The molecule has 2 atom stereocenters.